The summed E-state index contributed by atoms with van der Waals surface area (Å²) in [7, 11) is 0. The van der Waals surface area contributed by atoms with Gasteiger partial charge in [-0.25, -0.2) is 0 Å². The van der Waals surface area contributed by atoms with E-state index in [0.717, 1.165) is 18.7 Å². The third kappa shape index (κ3) is 4.53. The summed E-state index contributed by atoms with van der Waals surface area (Å²) in [5, 5.41) is 13.0. The number of carbonyl (C=O) groups is 1. The number of benzene rings is 2. The summed E-state index contributed by atoms with van der Waals surface area (Å²) in [5.74, 6) is -0.138. The van der Waals surface area contributed by atoms with Crippen LogP contribution in [-0.2, 0) is 0 Å². The number of anilines is 1. The average Bonchev–Trinajstić information content (AvgIpc) is 3.17. The van der Waals surface area contributed by atoms with E-state index in [1.54, 1.807) is 12.1 Å². The smallest absolute Gasteiger partial charge is 0.251 e. The minimum atomic E-state index is -0.243. The molecule has 1 saturated heterocycles. The van der Waals surface area contributed by atoms with Gasteiger partial charge in [-0.1, -0.05) is 23.7 Å². The molecule has 5 heteroatoms. The zero-order valence-electron chi connectivity index (χ0n) is 14.1. The molecule has 25 heavy (non-hydrogen) atoms. The molecule has 132 valence electrons. The van der Waals surface area contributed by atoms with Crippen LogP contribution in [0, 0.1) is 0 Å². The van der Waals surface area contributed by atoms with Crippen molar-refractivity contribution in [3.63, 3.8) is 0 Å². The second kappa shape index (κ2) is 8.37. The highest BCUT2D eigenvalue weighted by Crippen LogP contribution is 2.22. The van der Waals surface area contributed by atoms with Gasteiger partial charge in [-0.15, -0.1) is 0 Å². The third-order valence-electron chi connectivity index (χ3n) is 4.60. The third-order valence-corrected chi connectivity index (χ3v) is 4.85. The summed E-state index contributed by atoms with van der Waals surface area (Å²) < 4.78 is 0. The number of amides is 1. The molecule has 2 aromatic carbocycles. The number of aliphatic hydroxyl groups excluding tert-OH is 1. The van der Waals surface area contributed by atoms with Gasteiger partial charge >= 0.3 is 0 Å². The van der Waals surface area contributed by atoms with E-state index in [-0.39, 0.29) is 18.6 Å². The normalized spacial score (nSPS) is 15.2. The second-order valence-corrected chi connectivity index (χ2v) is 6.77. The number of hydrogen-bond acceptors (Lipinski definition) is 3. The molecule has 1 unspecified atom stereocenters. The van der Waals surface area contributed by atoms with Crippen molar-refractivity contribution >= 4 is 23.2 Å². The lowest BCUT2D eigenvalue weighted by atomic mass is 10.0. The van der Waals surface area contributed by atoms with Crippen LogP contribution in [0.1, 0.15) is 41.2 Å². The Morgan fingerprint density at radius 3 is 2.32 bits per heavy atom. The molecule has 1 aliphatic heterocycles. The van der Waals surface area contributed by atoms with Crippen molar-refractivity contribution in [1.29, 1.82) is 0 Å². The van der Waals surface area contributed by atoms with Crippen molar-refractivity contribution in [1.82, 2.24) is 5.32 Å². The van der Waals surface area contributed by atoms with Crippen molar-refractivity contribution in [2.24, 2.45) is 0 Å². The first-order valence-electron chi connectivity index (χ1n) is 8.69. The van der Waals surface area contributed by atoms with Gasteiger partial charge in [0.05, 0.1) is 6.04 Å². The summed E-state index contributed by atoms with van der Waals surface area (Å²) >= 11 is 5.92. The monoisotopic (exact) mass is 358 g/mol. The van der Waals surface area contributed by atoms with Crippen LogP contribution in [0.2, 0.25) is 5.02 Å². The first kappa shape index (κ1) is 17.8. The average molecular weight is 359 g/mol. The molecule has 0 saturated carbocycles. The Hall–Kier alpha value is -2.04. The standard InChI is InChI=1S/C20H23ClN2O2/c21-17-7-3-15(4-8-17)19(11-14-24)22-20(25)16-5-9-18(10-6-16)23-12-1-2-13-23/h3-10,19,24H,1-2,11-14H2,(H,22,25). The summed E-state index contributed by atoms with van der Waals surface area (Å²) in [6.45, 7) is 2.17. The lowest BCUT2D eigenvalue weighted by Crippen LogP contribution is -2.29. The number of nitrogens with one attached hydrogen (secondary N) is 1. The van der Waals surface area contributed by atoms with Crippen molar-refractivity contribution in [3.05, 3.63) is 64.7 Å². The van der Waals surface area contributed by atoms with Gasteiger partial charge in [0.2, 0.25) is 0 Å². The maximum Gasteiger partial charge on any atom is 0.251 e. The van der Waals surface area contributed by atoms with E-state index >= 15 is 0 Å². The Bertz CT molecular complexity index is 695. The Balaban J connectivity index is 1.69. The topological polar surface area (TPSA) is 52.6 Å². The maximum atomic E-state index is 12.6. The van der Waals surface area contributed by atoms with Gasteiger partial charge in [-0.3, -0.25) is 4.79 Å². The second-order valence-electron chi connectivity index (χ2n) is 6.33. The molecule has 0 aromatic heterocycles. The molecule has 4 nitrogen and oxygen atoms in total. The fraction of sp³-hybridized carbons (Fsp3) is 0.350. The highest BCUT2D eigenvalue weighted by atomic mass is 35.5. The van der Waals surface area contributed by atoms with Crippen molar-refractivity contribution < 1.29 is 9.90 Å². The van der Waals surface area contributed by atoms with E-state index in [2.05, 4.69) is 10.2 Å². The van der Waals surface area contributed by atoms with Gasteiger partial charge in [-0.2, -0.15) is 0 Å². The first-order valence-corrected chi connectivity index (χ1v) is 9.07. The minimum absolute atomic E-state index is 0.00146. The van der Waals surface area contributed by atoms with Gasteiger partial charge < -0.3 is 15.3 Å². The number of rotatable bonds is 6. The molecule has 1 fully saturated rings. The van der Waals surface area contributed by atoms with Gasteiger partial charge in [0.25, 0.3) is 5.91 Å². The predicted octanol–water partition coefficient (Wildman–Crippen LogP) is 3.79. The Labute approximate surface area is 153 Å². The molecule has 1 amide bonds. The lowest BCUT2D eigenvalue weighted by molar-refractivity contribution is 0.0930. The van der Waals surface area contributed by atoms with Gasteiger partial charge in [-0.05, 0) is 61.2 Å². The van der Waals surface area contributed by atoms with Gasteiger partial charge in [0.1, 0.15) is 0 Å². The van der Waals surface area contributed by atoms with E-state index in [4.69, 9.17) is 11.6 Å². The van der Waals surface area contributed by atoms with Crippen molar-refractivity contribution in [2.45, 2.75) is 25.3 Å². The van der Waals surface area contributed by atoms with E-state index in [1.165, 1.54) is 18.5 Å². The highest BCUT2D eigenvalue weighted by Gasteiger charge is 2.17. The summed E-state index contributed by atoms with van der Waals surface area (Å²) in [6, 6.07) is 14.8. The van der Waals surface area contributed by atoms with Crippen LogP contribution in [0.25, 0.3) is 0 Å². The Morgan fingerprint density at radius 1 is 1.08 bits per heavy atom. The van der Waals surface area contributed by atoms with E-state index in [1.807, 2.05) is 36.4 Å². The van der Waals surface area contributed by atoms with Gasteiger partial charge in [0, 0.05) is 36.0 Å². The Kier molecular flexibility index (Phi) is 5.95. The van der Waals surface area contributed by atoms with Crippen LogP contribution in [0.4, 0.5) is 5.69 Å². The number of halogens is 1. The highest BCUT2D eigenvalue weighted by molar-refractivity contribution is 6.30. The molecule has 0 aliphatic carbocycles. The molecule has 2 N–H and O–H groups in total. The zero-order chi connectivity index (χ0) is 17.6. The predicted molar refractivity (Wildman–Crippen MR) is 101 cm³/mol. The molecule has 0 radical (unpaired) electrons. The molecule has 0 spiro atoms. The molecule has 0 bridgehead atoms. The van der Waals surface area contributed by atoms with Crippen molar-refractivity contribution in [2.75, 3.05) is 24.6 Å². The van der Waals surface area contributed by atoms with Crippen LogP contribution >= 0.6 is 11.6 Å². The first-order chi connectivity index (χ1) is 12.2. The molecule has 1 aliphatic rings. The number of nitrogens with zero attached hydrogens (tertiary/aromatic N) is 1. The molecule has 2 aromatic rings. The van der Waals surface area contributed by atoms with Crippen LogP contribution in [-0.4, -0.2) is 30.7 Å². The Morgan fingerprint density at radius 2 is 1.72 bits per heavy atom. The lowest BCUT2D eigenvalue weighted by Gasteiger charge is -2.20. The number of aliphatic hydroxyl groups is 1. The number of hydrogen-bond donors (Lipinski definition) is 2. The molecule has 3 rings (SSSR count). The van der Waals surface area contributed by atoms with Crippen molar-refractivity contribution in [3.8, 4) is 0 Å². The molecule has 1 heterocycles. The molecular formula is C20H23ClN2O2. The summed E-state index contributed by atoms with van der Waals surface area (Å²) in [4.78, 5) is 14.9. The van der Waals surface area contributed by atoms with Crippen LogP contribution < -0.4 is 10.2 Å². The van der Waals surface area contributed by atoms with E-state index < -0.39 is 0 Å². The van der Waals surface area contributed by atoms with E-state index in [9.17, 15) is 9.90 Å². The number of carbonyl (C=O) groups excluding carboxylic acids is 1. The maximum absolute atomic E-state index is 12.6. The molecular weight excluding hydrogens is 336 g/mol. The SMILES string of the molecule is O=C(NC(CCO)c1ccc(Cl)cc1)c1ccc(N2CCCC2)cc1. The van der Waals surface area contributed by atoms with Crippen LogP contribution in [0.3, 0.4) is 0 Å². The summed E-state index contributed by atoms with van der Waals surface area (Å²) in [5.41, 5.74) is 2.72. The quantitative estimate of drug-likeness (QED) is 0.826. The zero-order valence-corrected chi connectivity index (χ0v) is 14.9. The van der Waals surface area contributed by atoms with Crippen LogP contribution in [0.5, 0.6) is 0 Å². The largest absolute Gasteiger partial charge is 0.396 e. The fourth-order valence-electron chi connectivity index (χ4n) is 3.19. The molecule has 1 atom stereocenters. The fourth-order valence-corrected chi connectivity index (χ4v) is 3.31. The van der Waals surface area contributed by atoms with Gasteiger partial charge in [0.15, 0.2) is 0 Å². The van der Waals surface area contributed by atoms with E-state index in [0.29, 0.717) is 17.0 Å². The summed E-state index contributed by atoms with van der Waals surface area (Å²) in [6.07, 6.45) is 2.91. The van der Waals surface area contributed by atoms with Crippen LogP contribution in [0.15, 0.2) is 48.5 Å². The minimum Gasteiger partial charge on any atom is -0.396 e.